The van der Waals surface area contributed by atoms with Crippen LogP contribution < -0.4 is 5.32 Å². The van der Waals surface area contributed by atoms with E-state index in [1.165, 1.54) is 10.6 Å². The minimum atomic E-state index is -3.08. The first-order valence-electron chi connectivity index (χ1n) is 6.44. The molecular formula is C13H20BrClN2O2S. The van der Waals surface area contributed by atoms with E-state index in [1.54, 1.807) is 0 Å². The first-order chi connectivity index (χ1) is 9.34. The zero-order valence-electron chi connectivity index (χ0n) is 11.7. The quantitative estimate of drug-likeness (QED) is 0.702. The molecule has 0 unspecified atom stereocenters. The number of halogens is 2. The maximum Gasteiger partial charge on any atom is 0.211 e. The Morgan fingerprint density at radius 1 is 1.40 bits per heavy atom. The number of sulfonamides is 1. The maximum absolute atomic E-state index is 11.4. The first kappa shape index (κ1) is 17.9. The van der Waals surface area contributed by atoms with Gasteiger partial charge in [0.2, 0.25) is 10.0 Å². The number of rotatable bonds is 8. The van der Waals surface area contributed by atoms with Crippen LogP contribution in [0.2, 0.25) is 5.02 Å². The molecule has 0 aromatic heterocycles. The van der Waals surface area contributed by atoms with Crippen LogP contribution in [0.15, 0.2) is 22.7 Å². The lowest BCUT2D eigenvalue weighted by Gasteiger charge is -2.17. The van der Waals surface area contributed by atoms with Gasteiger partial charge in [-0.3, -0.25) is 0 Å². The van der Waals surface area contributed by atoms with Gasteiger partial charge in [-0.15, -0.1) is 0 Å². The second-order valence-electron chi connectivity index (χ2n) is 4.53. The summed E-state index contributed by atoms with van der Waals surface area (Å²) in [7, 11) is -3.08. The largest absolute Gasteiger partial charge is 0.313 e. The fourth-order valence-electron chi connectivity index (χ4n) is 1.82. The third kappa shape index (κ3) is 6.10. The van der Waals surface area contributed by atoms with Gasteiger partial charge in [0.1, 0.15) is 0 Å². The Morgan fingerprint density at radius 2 is 2.10 bits per heavy atom. The fourth-order valence-corrected chi connectivity index (χ4v) is 3.29. The lowest BCUT2D eigenvalue weighted by Crippen LogP contribution is -2.32. The molecule has 7 heteroatoms. The number of nitrogens with one attached hydrogen (secondary N) is 1. The molecule has 0 saturated carbocycles. The molecule has 0 radical (unpaired) electrons. The molecule has 1 rings (SSSR count). The van der Waals surface area contributed by atoms with Gasteiger partial charge in [0, 0.05) is 24.1 Å². The zero-order valence-corrected chi connectivity index (χ0v) is 14.9. The smallest absolute Gasteiger partial charge is 0.211 e. The monoisotopic (exact) mass is 382 g/mol. The Labute approximate surface area is 134 Å². The van der Waals surface area contributed by atoms with Gasteiger partial charge in [0.15, 0.2) is 0 Å². The molecule has 0 aliphatic rings. The molecule has 0 saturated heterocycles. The number of hydrogen-bond acceptors (Lipinski definition) is 3. The Balaban J connectivity index is 2.30. The van der Waals surface area contributed by atoms with Crippen LogP contribution in [0.3, 0.4) is 0 Å². The Kier molecular flexibility index (Phi) is 7.47. The van der Waals surface area contributed by atoms with E-state index in [1.807, 2.05) is 25.1 Å². The Bertz CT molecular complexity index is 537. The van der Waals surface area contributed by atoms with Crippen molar-refractivity contribution in [3.05, 3.63) is 33.3 Å². The molecule has 0 atom stereocenters. The summed E-state index contributed by atoms with van der Waals surface area (Å²) in [6.07, 6.45) is 2.03. The topological polar surface area (TPSA) is 49.4 Å². The number of benzene rings is 1. The average Bonchev–Trinajstić information content (AvgIpc) is 2.36. The van der Waals surface area contributed by atoms with Gasteiger partial charge in [0.25, 0.3) is 0 Å². The second-order valence-corrected chi connectivity index (χ2v) is 7.78. The van der Waals surface area contributed by atoms with Crippen molar-refractivity contribution in [2.75, 3.05) is 25.9 Å². The summed E-state index contributed by atoms with van der Waals surface area (Å²) in [5.74, 6) is 0. The molecule has 0 aliphatic carbocycles. The van der Waals surface area contributed by atoms with Crippen LogP contribution in [0, 0.1) is 0 Å². The van der Waals surface area contributed by atoms with Crippen molar-refractivity contribution in [2.45, 2.75) is 19.9 Å². The normalized spacial score (nSPS) is 12.1. The van der Waals surface area contributed by atoms with Gasteiger partial charge in [-0.05, 0) is 46.6 Å². The van der Waals surface area contributed by atoms with E-state index in [0.717, 1.165) is 29.5 Å². The molecule has 0 fully saturated rings. The summed E-state index contributed by atoms with van der Waals surface area (Å²) < 4.78 is 25.2. The molecule has 20 heavy (non-hydrogen) atoms. The SMILES string of the molecule is CCN(CCCNCc1ccc(Cl)c(Br)c1)S(C)(=O)=O. The lowest BCUT2D eigenvalue weighted by atomic mass is 10.2. The molecule has 0 aliphatic heterocycles. The van der Waals surface area contributed by atoms with Crippen molar-refractivity contribution >= 4 is 37.6 Å². The van der Waals surface area contributed by atoms with Crippen LogP contribution in [-0.4, -0.2) is 38.6 Å². The van der Waals surface area contributed by atoms with E-state index in [9.17, 15) is 8.42 Å². The van der Waals surface area contributed by atoms with Crippen LogP contribution in [0.25, 0.3) is 0 Å². The van der Waals surface area contributed by atoms with Crippen molar-refractivity contribution < 1.29 is 8.42 Å². The number of nitrogens with zero attached hydrogens (tertiary/aromatic N) is 1. The average molecular weight is 384 g/mol. The summed E-state index contributed by atoms with van der Waals surface area (Å²) in [5.41, 5.74) is 1.14. The predicted octanol–water partition coefficient (Wildman–Crippen LogP) is 2.86. The summed E-state index contributed by atoms with van der Waals surface area (Å²) in [5, 5.41) is 3.99. The van der Waals surface area contributed by atoms with Crippen molar-refractivity contribution in [3.8, 4) is 0 Å². The van der Waals surface area contributed by atoms with Crippen LogP contribution in [0.5, 0.6) is 0 Å². The molecule has 0 spiro atoms. The zero-order chi connectivity index (χ0) is 15.2. The molecule has 114 valence electrons. The van der Waals surface area contributed by atoms with Gasteiger partial charge in [0.05, 0.1) is 11.3 Å². The number of hydrogen-bond donors (Lipinski definition) is 1. The standard InChI is InChI=1S/C13H20BrClN2O2S/c1-3-17(20(2,18)19)8-4-7-16-10-11-5-6-13(15)12(14)9-11/h5-6,9,16H,3-4,7-8,10H2,1-2H3. The molecule has 0 amide bonds. The van der Waals surface area contributed by atoms with E-state index in [4.69, 9.17) is 11.6 Å². The van der Waals surface area contributed by atoms with Gasteiger partial charge in [-0.25, -0.2) is 12.7 Å². The van der Waals surface area contributed by atoms with Crippen LogP contribution in [-0.2, 0) is 16.6 Å². The van der Waals surface area contributed by atoms with Crippen LogP contribution >= 0.6 is 27.5 Å². The minimum Gasteiger partial charge on any atom is -0.313 e. The van der Waals surface area contributed by atoms with Gasteiger partial charge in [-0.2, -0.15) is 0 Å². The summed E-state index contributed by atoms with van der Waals surface area (Å²) >= 11 is 9.31. The van der Waals surface area contributed by atoms with E-state index < -0.39 is 10.0 Å². The highest BCUT2D eigenvalue weighted by Gasteiger charge is 2.12. The van der Waals surface area contributed by atoms with Gasteiger partial charge < -0.3 is 5.32 Å². The third-order valence-electron chi connectivity index (χ3n) is 2.90. The Hall–Kier alpha value is -0.140. The van der Waals surface area contributed by atoms with E-state index in [2.05, 4.69) is 21.2 Å². The van der Waals surface area contributed by atoms with E-state index in [-0.39, 0.29) is 0 Å². The fraction of sp³-hybridized carbons (Fsp3) is 0.538. The minimum absolute atomic E-state index is 0.517. The first-order valence-corrected chi connectivity index (χ1v) is 9.46. The second kappa shape index (κ2) is 8.34. The van der Waals surface area contributed by atoms with Gasteiger partial charge >= 0.3 is 0 Å². The van der Waals surface area contributed by atoms with Gasteiger partial charge in [-0.1, -0.05) is 24.6 Å². The molecule has 0 heterocycles. The van der Waals surface area contributed by atoms with Crippen molar-refractivity contribution in [1.82, 2.24) is 9.62 Å². The van der Waals surface area contributed by atoms with E-state index in [0.29, 0.717) is 18.1 Å². The molecule has 1 aromatic rings. The van der Waals surface area contributed by atoms with Crippen molar-refractivity contribution in [3.63, 3.8) is 0 Å². The highest BCUT2D eigenvalue weighted by molar-refractivity contribution is 9.10. The molecule has 1 aromatic carbocycles. The highest BCUT2D eigenvalue weighted by atomic mass is 79.9. The summed E-state index contributed by atoms with van der Waals surface area (Å²) in [4.78, 5) is 0. The van der Waals surface area contributed by atoms with Crippen molar-refractivity contribution in [1.29, 1.82) is 0 Å². The molecular weight excluding hydrogens is 364 g/mol. The third-order valence-corrected chi connectivity index (χ3v) is 5.49. The lowest BCUT2D eigenvalue weighted by molar-refractivity contribution is 0.419. The van der Waals surface area contributed by atoms with Crippen LogP contribution in [0.1, 0.15) is 18.9 Å². The highest BCUT2D eigenvalue weighted by Crippen LogP contribution is 2.23. The van der Waals surface area contributed by atoms with E-state index >= 15 is 0 Å². The summed E-state index contributed by atoms with van der Waals surface area (Å²) in [6, 6.07) is 5.80. The Morgan fingerprint density at radius 3 is 2.65 bits per heavy atom. The predicted molar refractivity (Wildman–Crippen MR) is 87.6 cm³/mol. The molecule has 0 bridgehead atoms. The maximum atomic E-state index is 11.4. The molecule has 4 nitrogen and oxygen atoms in total. The molecule has 1 N–H and O–H groups in total. The summed E-state index contributed by atoms with van der Waals surface area (Å²) in [6.45, 7) is 4.42. The van der Waals surface area contributed by atoms with Crippen molar-refractivity contribution in [2.24, 2.45) is 0 Å². The van der Waals surface area contributed by atoms with Crippen LogP contribution in [0.4, 0.5) is 0 Å².